The smallest absolute Gasteiger partial charge is 0.250 e. The molecule has 0 unspecified atom stereocenters. The van der Waals surface area contributed by atoms with Crippen LogP contribution in [-0.4, -0.2) is 52.4 Å². The highest BCUT2D eigenvalue weighted by atomic mass is 16.2. The predicted octanol–water partition coefficient (Wildman–Crippen LogP) is 1.80. The Labute approximate surface area is 160 Å². The van der Waals surface area contributed by atoms with Crippen molar-refractivity contribution in [2.45, 2.75) is 52.0 Å². The summed E-state index contributed by atoms with van der Waals surface area (Å²) in [4.78, 5) is 41.7. The average Bonchev–Trinajstić information content (AvgIpc) is 3.36. The van der Waals surface area contributed by atoms with Crippen LogP contribution in [0.3, 0.4) is 0 Å². The zero-order valence-electron chi connectivity index (χ0n) is 16.2. The molecule has 2 aliphatic heterocycles. The molecule has 27 heavy (non-hydrogen) atoms. The van der Waals surface area contributed by atoms with E-state index in [0.29, 0.717) is 32.0 Å². The first-order valence-corrected chi connectivity index (χ1v) is 10.2. The van der Waals surface area contributed by atoms with E-state index in [-0.39, 0.29) is 22.8 Å². The van der Waals surface area contributed by atoms with Crippen LogP contribution in [0.25, 0.3) is 0 Å². The minimum Gasteiger partial charge on any atom is -0.342 e. The molecule has 3 aliphatic rings. The lowest BCUT2D eigenvalue weighted by atomic mass is 9.78. The van der Waals surface area contributed by atoms with E-state index in [1.807, 2.05) is 17.9 Å². The lowest BCUT2D eigenvalue weighted by Gasteiger charge is -2.39. The fourth-order valence-electron chi connectivity index (χ4n) is 4.68. The van der Waals surface area contributed by atoms with Gasteiger partial charge >= 0.3 is 0 Å². The van der Waals surface area contributed by atoms with Crippen LogP contribution in [0.4, 0.5) is 0 Å². The number of hydrogen-bond acceptors (Lipinski definition) is 3. The van der Waals surface area contributed by atoms with Crippen molar-refractivity contribution in [2.24, 2.45) is 11.3 Å². The SMILES string of the molecule is Cc1cccc(=O)n1CCC(=O)N1CC[C@@]2(CCCN(CC3CC3)C2=O)C1. The molecule has 2 amide bonds. The van der Waals surface area contributed by atoms with Gasteiger partial charge in [-0.3, -0.25) is 14.4 Å². The minimum atomic E-state index is -0.359. The van der Waals surface area contributed by atoms with E-state index in [1.165, 1.54) is 18.9 Å². The van der Waals surface area contributed by atoms with E-state index in [1.54, 1.807) is 10.6 Å². The predicted molar refractivity (Wildman–Crippen MR) is 102 cm³/mol. The summed E-state index contributed by atoms with van der Waals surface area (Å²) in [5.74, 6) is 1.02. The van der Waals surface area contributed by atoms with E-state index in [9.17, 15) is 14.4 Å². The quantitative estimate of drug-likeness (QED) is 0.793. The van der Waals surface area contributed by atoms with Crippen molar-refractivity contribution >= 4 is 11.8 Å². The molecule has 3 heterocycles. The highest BCUT2D eigenvalue weighted by Gasteiger charge is 2.49. The molecule has 1 aromatic rings. The number of pyridine rings is 1. The molecule has 146 valence electrons. The van der Waals surface area contributed by atoms with Gasteiger partial charge in [-0.1, -0.05) is 6.07 Å². The van der Waals surface area contributed by atoms with Crippen molar-refractivity contribution in [1.29, 1.82) is 0 Å². The molecule has 0 radical (unpaired) electrons. The third kappa shape index (κ3) is 3.66. The number of carbonyl (C=O) groups excluding carboxylic acids is 2. The molecule has 6 nitrogen and oxygen atoms in total. The zero-order valence-corrected chi connectivity index (χ0v) is 16.2. The molecule has 1 saturated carbocycles. The maximum absolute atomic E-state index is 13.1. The maximum atomic E-state index is 13.1. The summed E-state index contributed by atoms with van der Waals surface area (Å²) in [6.45, 7) is 5.27. The van der Waals surface area contributed by atoms with Gasteiger partial charge in [-0.2, -0.15) is 0 Å². The first-order valence-electron chi connectivity index (χ1n) is 10.2. The number of rotatable bonds is 5. The van der Waals surface area contributed by atoms with E-state index >= 15 is 0 Å². The monoisotopic (exact) mass is 371 g/mol. The number of nitrogens with zero attached hydrogens (tertiary/aromatic N) is 3. The fourth-order valence-corrected chi connectivity index (χ4v) is 4.68. The van der Waals surface area contributed by atoms with E-state index in [4.69, 9.17) is 0 Å². The summed E-state index contributed by atoms with van der Waals surface area (Å²) in [5.41, 5.74) is 0.438. The molecule has 4 rings (SSSR count). The second kappa shape index (κ2) is 7.13. The van der Waals surface area contributed by atoms with Gasteiger partial charge in [0.1, 0.15) is 0 Å². The molecular formula is C21H29N3O3. The highest BCUT2D eigenvalue weighted by Crippen LogP contribution is 2.41. The van der Waals surface area contributed by atoms with Gasteiger partial charge in [0.05, 0.1) is 5.41 Å². The molecule has 6 heteroatoms. The van der Waals surface area contributed by atoms with Crippen LogP contribution in [0.15, 0.2) is 23.0 Å². The largest absolute Gasteiger partial charge is 0.342 e. The van der Waals surface area contributed by atoms with Crippen molar-refractivity contribution in [1.82, 2.24) is 14.4 Å². The van der Waals surface area contributed by atoms with Crippen molar-refractivity contribution in [3.63, 3.8) is 0 Å². The highest BCUT2D eigenvalue weighted by molar-refractivity contribution is 5.86. The summed E-state index contributed by atoms with van der Waals surface area (Å²) in [6.07, 6.45) is 5.52. The number of likely N-dealkylation sites (tertiary alicyclic amines) is 2. The molecule has 1 aromatic heterocycles. The van der Waals surface area contributed by atoms with Crippen LogP contribution in [-0.2, 0) is 16.1 Å². The Balaban J connectivity index is 1.37. The zero-order chi connectivity index (χ0) is 19.0. The molecule has 1 atom stereocenters. The van der Waals surface area contributed by atoms with Gasteiger partial charge in [0, 0.05) is 50.9 Å². The summed E-state index contributed by atoms with van der Waals surface area (Å²) < 4.78 is 1.65. The molecule has 1 spiro atoms. The number of hydrogen-bond donors (Lipinski definition) is 0. The van der Waals surface area contributed by atoms with Crippen LogP contribution >= 0.6 is 0 Å². The van der Waals surface area contributed by atoms with Crippen LogP contribution in [0.2, 0.25) is 0 Å². The average molecular weight is 371 g/mol. The maximum Gasteiger partial charge on any atom is 0.250 e. The van der Waals surface area contributed by atoms with Crippen molar-refractivity contribution in [2.75, 3.05) is 26.2 Å². The number of aromatic nitrogens is 1. The van der Waals surface area contributed by atoms with Gasteiger partial charge in [0.15, 0.2) is 0 Å². The van der Waals surface area contributed by atoms with Crippen molar-refractivity contribution in [3.8, 4) is 0 Å². The normalized spacial score (nSPS) is 25.4. The van der Waals surface area contributed by atoms with Crippen LogP contribution in [0, 0.1) is 18.3 Å². The summed E-state index contributed by atoms with van der Waals surface area (Å²) in [7, 11) is 0. The number of piperidine rings is 1. The van der Waals surface area contributed by atoms with Crippen LogP contribution in [0.5, 0.6) is 0 Å². The van der Waals surface area contributed by atoms with E-state index < -0.39 is 0 Å². The van der Waals surface area contributed by atoms with Gasteiger partial charge in [-0.25, -0.2) is 0 Å². The van der Waals surface area contributed by atoms with Gasteiger partial charge in [0.2, 0.25) is 11.8 Å². The number of aryl methyl sites for hydroxylation is 1. The Morgan fingerprint density at radius 1 is 1.19 bits per heavy atom. The third-order valence-corrected chi connectivity index (χ3v) is 6.52. The minimum absolute atomic E-state index is 0.0501. The molecular weight excluding hydrogens is 342 g/mol. The molecule has 0 aromatic carbocycles. The molecule has 1 aliphatic carbocycles. The van der Waals surface area contributed by atoms with Crippen LogP contribution in [0.1, 0.15) is 44.2 Å². The molecule has 2 saturated heterocycles. The van der Waals surface area contributed by atoms with Gasteiger partial charge in [-0.05, 0) is 51.0 Å². The second-order valence-electron chi connectivity index (χ2n) is 8.55. The van der Waals surface area contributed by atoms with E-state index in [0.717, 1.165) is 38.0 Å². The standard InChI is InChI=1S/C21H29N3O3/c1-16-4-2-5-19(26)24(16)12-8-18(25)23-13-10-21(15-23)9-3-11-22(20(21)27)14-17-6-7-17/h2,4-5,17H,3,6-15H2,1H3/t21-/m0/s1. The van der Waals surface area contributed by atoms with Gasteiger partial charge in [0.25, 0.3) is 5.56 Å². The van der Waals surface area contributed by atoms with Gasteiger partial charge in [-0.15, -0.1) is 0 Å². The van der Waals surface area contributed by atoms with Crippen molar-refractivity contribution < 1.29 is 9.59 Å². The fraction of sp³-hybridized carbons (Fsp3) is 0.667. The Hall–Kier alpha value is -2.11. The van der Waals surface area contributed by atoms with E-state index in [2.05, 4.69) is 4.90 Å². The lowest BCUT2D eigenvalue weighted by molar-refractivity contribution is -0.146. The Morgan fingerprint density at radius 2 is 2.00 bits per heavy atom. The number of carbonyl (C=O) groups is 2. The Bertz CT molecular complexity index is 798. The second-order valence-corrected chi connectivity index (χ2v) is 8.55. The summed E-state index contributed by atoms with van der Waals surface area (Å²) in [5, 5.41) is 0. The Morgan fingerprint density at radius 3 is 2.74 bits per heavy atom. The number of amides is 2. The Kier molecular flexibility index (Phi) is 4.82. The molecule has 3 fully saturated rings. The first kappa shape index (κ1) is 18.3. The summed E-state index contributed by atoms with van der Waals surface area (Å²) in [6, 6.07) is 5.14. The molecule has 0 N–H and O–H groups in total. The molecule has 0 bridgehead atoms. The van der Waals surface area contributed by atoms with Crippen LogP contribution < -0.4 is 5.56 Å². The van der Waals surface area contributed by atoms with Crippen molar-refractivity contribution in [3.05, 3.63) is 34.2 Å². The third-order valence-electron chi connectivity index (χ3n) is 6.52. The lowest BCUT2D eigenvalue weighted by Crippen LogP contribution is -2.51. The first-order chi connectivity index (χ1) is 13.0. The summed E-state index contributed by atoms with van der Waals surface area (Å²) >= 11 is 0. The van der Waals surface area contributed by atoms with Gasteiger partial charge < -0.3 is 14.4 Å². The topological polar surface area (TPSA) is 62.6 Å².